The Balaban J connectivity index is 1.68. The topological polar surface area (TPSA) is 78.4 Å². The van der Waals surface area contributed by atoms with Crippen LogP contribution in [0, 0.1) is 5.92 Å². The molecule has 2 atom stereocenters. The molecule has 1 saturated carbocycles. The molecule has 0 aromatic heterocycles. The van der Waals surface area contributed by atoms with Crippen LogP contribution in [0.3, 0.4) is 0 Å². The summed E-state index contributed by atoms with van der Waals surface area (Å²) in [6.07, 6.45) is 4.46. The smallest absolute Gasteiger partial charge is 0.315 e. The van der Waals surface area contributed by atoms with Gasteiger partial charge in [-0.25, -0.2) is 4.79 Å². The van der Waals surface area contributed by atoms with Crippen LogP contribution in [0.4, 0.5) is 4.79 Å². The van der Waals surface area contributed by atoms with E-state index < -0.39 is 5.97 Å². The van der Waals surface area contributed by atoms with Crippen LogP contribution >= 0.6 is 11.8 Å². The molecule has 0 bridgehead atoms. The maximum absolute atomic E-state index is 11.7. The molecule has 2 rings (SSSR count). The fourth-order valence-electron chi connectivity index (χ4n) is 2.25. The number of hydrogen-bond acceptors (Lipinski definition) is 3. The van der Waals surface area contributed by atoms with E-state index in [9.17, 15) is 9.59 Å². The lowest BCUT2D eigenvalue weighted by atomic mass is 10.1. The molecule has 1 aliphatic heterocycles. The number of carbonyl (C=O) groups excluding carboxylic acids is 1. The second-order valence-corrected chi connectivity index (χ2v) is 6.44. The zero-order valence-corrected chi connectivity index (χ0v) is 11.2. The molecule has 18 heavy (non-hydrogen) atoms. The molecule has 6 heteroatoms. The van der Waals surface area contributed by atoms with Crippen molar-refractivity contribution in [3.8, 4) is 0 Å². The van der Waals surface area contributed by atoms with Crippen LogP contribution in [0.1, 0.15) is 32.1 Å². The fourth-order valence-corrected chi connectivity index (χ4v) is 3.45. The van der Waals surface area contributed by atoms with Crippen molar-refractivity contribution in [2.75, 3.05) is 12.3 Å². The van der Waals surface area contributed by atoms with Gasteiger partial charge in [-0.1, -0.05) is 0 Å². The highest BCUT2D eigenvalue weighted by Gasteiger charge is 2.33. The number of carboxylic acid groups (broad SMARTS) is 1. The van der Waals surface area contributed by atoms with Crippen molar-refractivity contribution in [3.05, 3.63) is 0 Å². The molecule has 2 fully saturated rings. The van der Waals surface area contributed by atoms with E-state index in [0.717, 1.165) is 19.3 Å². The zero-order chi connectivity index (χ0) is 13.0. The molecular formula is C12H20N2O3S. The number of thioether (sulfide) groups is 1. The first-order valence-electron chi connectivity index (χ1n) is 6.53. The van der Waals surface area contributed by atoms with Crippen molar-refractivity contribution >= 4 is 23.8 Å². The molecule has 1 saturated heterocycles. The van der Waals surface area contributed by atoms with Crippen molar-refractivity contribution in [1.29, 1.82) is 0 Å². The summed E-state index contributed by atoms with van der Waals surface area (Å²) in [6.45, 7) is 0.682. The molecule has 2 unspecified atom stereocenters. The van der Waals surface area contributed by atoms with Crippen molar-refractivity contribution in [3.63, 3.8) is 0 Å². The van der Waals surface area contributed by atoms with Gasteiger partial charge in [0.15, 0.2) is 0 Å². The van der Waals surface area contributed by atoms with Crippen LogP contribution in [0.15, 0.2) is 0 Å². The first-order valence-corrected chi connectivity index (χ1v) is 7.58. The van der Waals surface area contributed by atoms with Gasteiger partial charge in [0.25, 0.3) is 0 Å². The summed E-state index contributed by atoms with van der Waals surface area (Å²) in [5.41, 5.74) is 0. The minimum atomic E-state index is -0.849. The van der Waals surface area contributed by atoms with Gasteiger partial charge in [0, 0.05) is 17.8 Å². The highest BCUT2D eigenvalue weighted by atomic mass is 32.2. The molecule has 2 aliphatic rings. The van der Waals surface area contributed by atoms with Crippen LogP contribution in [0.5, 0.6) is 0 Å². The van der Waals surface area contributed by atoms with E-state index in [-0.39, 0.29) is 18.5 Å². The van der Waals surface area contributed by atoms with Gasteiger partial charge < -0.3 is 15.7 Å². The van der Waals surface area contributed by atoms with Crippen molar-refractivity contribution < 1.29 is 14.7 Å². The normalized spacial score (nSPS) is 24.6. The molecule has 1 heterocycles. The number of amides is 2. The number of nitrogens with one attached hydrogen (secondary N) is 2. The Labute approximate surface area is 111 Å². The predicted molar refractivity (Wildman–Crippen MR) is 70.8 cm³/mol. The summed E-state index contributed by atoms with van der Waals surface area (Å²) in [4.78, 5) is 22.4. The van der Waals surface area contributed by atoms with Gasteiger partial charge in [0.05, 0.1) is 6.42 Å². The second-order valence-electron chi connectivity index (χ2n) is 5.03. The van der Waals surface area contributed by atoms with E-state index in [0.29, 0.717) is 17.7 Å². The van der Waals surface area contributed by atoms with Gasteiger partial charge in [-0.15, -0.1) is 0 Å². The molecule has 2 amide bonds. The lowest BCUT2D eigenvalue weighted by Gasteiger charge is -2.17. The Morgan fingerprint density at radius 2 is 2.11 bits per heavy atom. The van der Waals surface area contributed by atoms with E-state index >= 15 is 0 Å². The number of hydrogen-bond donors (Lipinski definition) is 3. The molecule has 1 aliphatic carbocycles. The van der Waals surface area contributed by atoms with Gasteiger partial charge in [0.2, 0.25) is 0 Å². The van der Waals surface area contributed by atoms with E-state index in [1.165, 1.54) is 12.2 Å². The first-order chi connectivity index (χ1) is 8.65. The minimum Gasteiger partial charge on any atom is -0.481 e. The highest BCUT2D eigenvalue weighted by Crippen LogP contribution is 2.34. The van der Waals surface area contributed by atoms with Crippen LogP contribution in [-0.4, -0.2) is 40.7 Å². The molecule has 3 N–H and O–H groups in total. The Morgan fingerprint density at radius 3 is 2.67 bits per heavy atom. The van der Waals surface area contributed by atoms with Crippen LogP contribution in [0.25, 0.3) is 0 Å². The van der Waals surface area contributed by atoms with Crippen LogP contribution < -0.4 is 10.6 Å². The molecule has 5 nitrogen and oxygen atoms in total. The summed E-state index contributed by atoms with van der Waals surface area (Å²) in [6, 6.07) is -0.431. The molecule has 102 valence electrons. The molecule has 0 aromatic rings. The molecule has 0 radical (unpaired) electrons. The monoisotopic (exact) mass is 272 g/mol. The van der Waals surface area contributed by atoms with Crippen LogP contribution in [0.2, 0.25) is 0 Å². The van der Waals surface area contributed by atoms with Crippen molar-refractivity contribution in [1.82, 2.24) is 10.6 Å². The van der Waals surface area contributed by atoms with E-state index in [1.54, 1.807) is 0 Å². The third-order valence-electron chi connectivity index (χ3n) is 3.42. The molecule has 0 spiro atoms. The van der Waals surface area contributed by atoms with Gasteiger partial charge in [-0.2, -0.15) is 11.8 Å². The fraction of sp³-hybridized carbons (Fsp3) is 0.833. The predicted octanol–water partition coefficient (Wildman–Crippen LogP) is 1.43. The number of urea groups is 1. The summed E-state index contributed by atoms with van der Waals surface area (Å²) in [7, 11) is 0. The number of carboxylic acids is 1. The average molecular weight is 272 g/mol. The summed E-state index contributed by atoms with van der Waals surface area (Å²) in [5, 5.41) is 15.0. The Hall–Kier alpha value is -0.910. The Kier molecular flexibility index (Phi) is 4.74. The van der Waals surface area contributed by atoms with Crippen molar-refractivity contribution in [2.45, 2.75) is 43.4 Å². The summed E-state index contributed by atoms with van der Waals surface area (Å²) < 4.78 is 0. The maximum Gasteiger partial charge on any atom is 0.315 e. The first kappa shape index (κ1) is 13.5. The standard InChI is InChI=1S/C12H20N2O3S/c15-11(16)6-10(8-3-4-8)14-12(17)13-7-9-2-1-5-18-9/h8-10H,1-7H2,(H,15,16)(H2,13,14,17). The molecule has 0 aromatic carbocycles. The third kappa shape index (κ3) is 4.40. The largest absolute Gasteiger partial charge is 0.481 e. The highest BCUT2D eigenvalue weighted by molar-refractivity contribution is 8.00. The lowest BCUT2D eigenvalue weighted by Crippen LogP contribution is -2.45. The van der Waals surface area contributed by atoms with Crippen molar-refractivity contribution in [2.24, 2.45) is 5.92 Å². The SMILES string of the molecule is O=C(O)CC(NC(=O)NCC1CCCS1)C1CC1. The maximum atomic E-state index is 11.7. The second kappa shape index (κ2) is 6.31. The van der Waals surface area contributed by atoms with E-state index in [1.807, 2.05) is 11.8 Å². The zero-order valence-electron chi connectivity index (χ0n) is 10.4. The number of carbonyl (C=O) groups is 2. The van der Waals surface area contributed by atoms with Gasteiger partial charge in [0.1, 0.15) is 0 Å². The molecular weight excluding hydrogens is 252 g/mol. The lowest BCUT2D eigenvalue weighted by molar-refractivity contribution is -0.137. The van der Waals surface area contributed by atoms with E-state index in [2.05, 4.69) is 10.6 Å². The summed E-state index contributed by atoms with van der Waals surface area (Å²) in [5.74, 6) is 0.684. The average Bonchev–Trinajstić information content (AvgIpc) is 3.02. The van der Waals surface area contributed by atoms with Crippen LogP contribution in [-0.2, 0) is 4.79 Å². The quantitative estimate of drug-likeness (QED) is 0.683. The number of aliphatic carboxylic acids is 1. The van der Waals surface area contributed by atoms with Gasteiger partial charge in [-0.05, 0) is 37.4 Å². The minimum absolute atomic E-state index is 0.0241. The number of rotatable bonds is 6. The Bertz CT molecular complexity index is 314. The third-order valence-corrected chi connectivity index (χ3v) is 4.81. The Morgan fingerprint density at radius 1 is 1.33 bits per heavy atom. The van der Waals surface area contributed by atoms with Gasteiger partial charge in [-0.3, -0.25) is 4.79 Å². The summed E-state index contributed by atoms with van der Waals surface area (Å²) >= 11 is 1.90. The van der Waals surface area contributed by atoms with Gasteiger partial charge >= 0.3 is 12.0 Å². The van der Waals surface area contributed by atoms with E-state index in [4.69, 9.17) is 5.11 Å².